The third kappa shape index (κ3) is 4.66. The van der Waals surface area contributed by atoms with Crippen molar-refractivity contribution in [1.29, 1.82) is 0 Å². The van der Waals surface area contributed by atoms with Crippen molar-refractivity contribution in [3.05, 3.63) is 0 Å². The van der Waals surface area contributed by atoms with E-state index in [9.17, 15) is 0 Å². The smallest absolute Gasteiger partial charge is 0.00771 e. The van der Waals surface area contributed by atoms with Crippen LogP contribution in [-0.4, -0.2) is 6.54 Å². The standard InChI is InChI=1S/C12H27N/c1-4-7-9-12(5-2,6-3)10-8-11-13/h4-11,13H2,1-3H3. The van der Waals surface area contributed by atoms with E-state index in [0.717, 1.165) is 6.54 Å². The summed E-state index contributed by atoms with van der Waals surface area (Å²) in [5.74, 6) is 0. The minimum absolute atomic E-state index is 0.607. The molecular formula is C12H27N. The number of hydrogen-bond acceptors (Lipinski definition) is 1. The molecular weight excluding hydrogens is 158 g/mol. The van der Waals surface area contributed by atoms with Crippen LogP contribution in [0.3, 0.4) is 0 Å². The fourth-order valence-corrected chi connectivity index (χ4v) is 2.11. The second kappa shape index (κ2) is 7.37. The molecule has 0 aromatic carbocycles. The number of rotatable bonds is 8. The van der Waals surface area contributed by atoms with Crippen LogP contribution >= 0.6 is 0 Å². The summed E-state index contributed by atoms with van der Waals surface area (Å²) in [6.07, 6.45) is 9.28. The van der Waals surface area contributed by atoms with Crippen LogP contribution in [0, 0.1) is 5.41 Å². The lowest BCUT2D eigenvalue weighted by atomic mass is 9.74. The highest BCUT2D eigenvalue weighted by molar-refractivity contribution is 4.76. The van der Waals surface area contributed by atoms with Gasteiger partial charge in [0.1, 0.15) is 0 Å². The van der Waals surface area contributed by atoms with Crippen LogP contribution in [0.25, 0.3) is 0 Å². The first-order chi connectivity index (χ1) is 6.24. The molecule has 1 nitrogen and oxygen atoms in total. The van der Waals surface area contributed by atoms with Gasteiger partial charge in [0.05, 0.1) is 0 Å². The van der Waals surface area contributed by atoms with Crippen LogP contribution in [0.5, 0.6) is 0 Å². The Morgan fingerprint density at radius 1 is 0.923 bits per heavy atom. The highest BCUT2D eigenvalue weighted by atomic mass is 14.5. The van der Waals surface area contributed by atoms with Crippen molar-refractivity contribution < 1.29 is 0 Å². The molecule has 0 fully saturated rings. The van der Waals surface area contributed by atoms with Gasteiger partial charge in [0.2, 0.25) is 0 Å². The van der Waals surface area contributed by atoms with Gasteiger partial charge in [0.15, 0.2) is 0 Å². The molecule has 0 saturated carbocycles. The Kier molecular flexibility index (Phi) is 7.35. The molecule has 0 aromatic heterocycles. The highest BCUT2D eigenvalue weighted by Crippen LogP contribution is 2.37. The first kappa shape index (κ1) is 13.0. The zero-order valence-corrected chi connectivity index (χ0v) is 9.73. The Morgan fingerprint density at radius 2 is 1.46 bits per heavy atom. The van der Waals surface area contributed by atoms with Crippen molar-refractivity contribution in [3.63, 3.8) is 0 Å². The van der Waals surface area contributed by atoms with E-state index in [0.29, 0.717) is 5.41 Å². The maximum Gasteiger partial charge on any atom is -0.00771 e. The summed E-state index contributed by atoms with van der Waals surface area (Å²) >= 11 is 0. The summed E-state index contributed by atoms with van der Waals surface area (Å²) < 4.78 is 0. The average Bonchev–Trinajstić information content (AvgIpc) is 2.20. The molecule has 0 saturated heterocycles. The molecule has 80 valence electrons. The maximum atomic E-state index is 5.57. The molecule has 0 aliphatic rings. The molecule has 0 bridgehead atoms. The topological polar surface area (TPSA) is 26.0 Å². The van der Waals surface area contributed by atoms with Crippen molar-refractivity contribution in [1.82, 2.24) is 0 Å². The Hall–Kier alpha value is -0.0400. The zero-order valence-electron chi connectivity index (χ0n) is 9.73. The van der Waals surface area contributed by atoms with Gasteiger partial charge in [-0.1, -0.05) is 46.5 Å². The molecule has 2 N–H and O–H groups in total. The Balaban J connectivity index is 3.97. The molecule has 0 radical (unpaired) electrons. The van der Waals surface area contributed by atoms with Crippen LogP contribution in [0.1, 0.15) is 65.7 Å². The van der Waals surface area contributed by atoms with E-state index in [4.69, 9.17) is 5.73 Å². The Morgan fingerprint density at radius 3 is 1.85 bits per heavy atom. The minimum Gasteiger partial charge on any atom is -0.330 e. The van der Waals surface area contributed by atoms with Crippen molar-refractivity contribution in [3.8, 4) is 0 Å². The Labute approximate surface area is 84.1 Å². The molecule has 1 heteroatoms. The van der Waals surface area contributed by atoms with Crippen molar-refractivity contribution in [2.75, 3.05) is 6.54 Å². The van der Waals surface area contributed by atoms with Gasteiger partial charge >= 0.3 is 0 Å². The lowest BCUT2D eigenvalue weighted by Gasteiger charge is -2.31. The van der Waals surface area contributed by atoms with Gasteiger partial charge in [0.25, 0.3) is 0 Å². The van der Waals surface area contributed by atoms with Crippen molar-refractivity contribution in [2.45, 2.75) is 65.7 Å². The van der Waals surface area contributed by atoms with E-state index in [1.807, 2.05) is 0 Å². The van der Waals surface area contributed by atoms with E-state index in [1.54, 1.807) is 0 Å². The first-order valence-electron chi connectivity index (χ1n) is 5.94. The van der Waals surface area contributed by atoms with Crippen LogP contribution in [0.4, 0.5) is 0 Å². The molecule has 13 heavy (non-hydrogen) atoms. The third-order valence-electron chi connectivity index (χ3n) is 3.47. The summed E-state index contributed by atoms with van der Waals surface area (Å²) in [6.45, 7) is 7.79. The van der Waals surface area contributed by atoms with Gasteiger partial charge in [-0.3, -0.25) is 0 Å². The summed E-state index contributed by atoms with van der Waals surface area (Å²) in [4.78, 5) is 0. The zero-order chi connectivity index (χ0) is 10.2. The Bertz CT molecular complexity index is 95.7. The molecule has 0 spiro atoms. The molecule has 0 heterocycles. The van der Waals surface area contributed by atoms with Gasteiger partial charge < -0.3 is 5.73 Å². The molecule has 0 rings (SSSR count). The normalized spacial score (nSPS) is 12.0. The minimum atomic E-state index is 0.607. The van der Waals surface area contributed by atoms with Crippen molar-refractivity contribution >= 4 is 0 Å². The average molecular weight is 185 g/mol. The number of hydrogen-bond donors (Lipinski definition) is 1. The molecule has 0 amide bonds. The maximum absolute atomic E-state index is 5.57. The highest BCUT2D eigenvalue weighted by Gasteiger charge is 2.24. The van der Waals surface area contributed by atoms with Crippen LogP contribution in [0.15, 0.2) is 0 Å². The lowest BCUT2D eigenvalue weighted by molar-refractivity contribution is 0.208. The van der Waals surface area contributed by atoms with Gasteiger partial charge in [-0.15, -0.1) is 0 Å². The summed E-state index contributed by atoms with van der Waals surface area (Å²) in [5, 5.41) is 0. The lowest BCUT2D eigenvalue weighted by Crippen LogP contribution is -2.20. The van der Waals surface area contributed by atoms with Crippen LogP contribution in [0.2, 0.25) is 0 Å². The molecule has 0 aromatic rings. The van der Waals surface area contributed by atoms with Crippen LogP contribution in [-0.2, 0) is 0 Å². The molecule has 0 atom stereocenters. The summed E-state index contributed by atoms with van der Waals surface area (Å²) in [6, 6.07) is 0. The monoisotopic (exact) mass is 185 g/mol. The summed E-state index contributed by atoms with van der Waals surface area (Å²) in [5.41, 5.74) is 6.18. The van der Waals surface area contributed by atoms with E-state index < -0.39 is 0 Å². The van der Waals surface area contributed by atoms with Gasteiger partial charge in [-0.05, 0) is 31.2 Å². The largest absolute Gasteiger partial charge is 0.330 e. The first-order valence-corrected chi connectivity index (χ1v) is 5.94. The van der Waals surface area contributed by atoms with Gasteiger partial charge in [-0.25, -0.2) is 0 Å². The van der Waals surface area contributed by atoms with Crippen LogP contribution < -0.4 is 5.73 Å². The fourth-order valence-electron chi connectivity index (χ4n) is 2.11. The third-order valence-corrected chi connectivity index (χ3v) is 3.47. The van der Waals surface area contributed by atoms with E-state index >= 15 is 0 Å². The summed E-state index contributed by atoms with van der Waals surface area (Å²) in [7, 11) is 0. The fraction of sp³-hybridized carbons (Fsp3) is 1.00. The van der Waals surface area contributed by atoms with E-state index in [-0.39, 0.29) is 0 Å². The van der Waals surface area contributed by atoms with Gasteiger partial charge in [0, 0.05) is 0 Å². The van der Waals surface area contributed by atoms with E-state index in [2.05, 4.69) is 20.8 Å². The number of unbranched alkanes of at least 4 members (excludes halogenated alkanes) is 1. The predicted octanol–water partition coefficient (Wildman–Crippen LogP) is 3.72. The van der Waals surface area contributed by atoms with Crippen molar-refractivity contribution in [2.24, 2.45) is 11.1 Å². The van der Waals surface area contributed by atoms with E-state index in [1.165, 1.54) is 44.9 Å². The predicted molar refractivity (Wildman–Crippen MR) is 60.8 cm³/mol. The second-order valence-electron chi connectivity index (χ2n) is 4.20. The number of nitrogens with two attached hydrogens (primary N) is 1. The van der Waals surface area contributed by atoms with Gasteiger partial charge in [-0.2, -0.15) is 0 Å². The molecule has 0 unspecified atom stereocenters. The SMILES string of the molecule is CCCCC(CC)(CC)CCCN. The molecule has 0 aliphatic carbocycles. The second-order valence-corrected chi connectivity index (χ2v) is 4.20. The quantitative estimate of drug-likeness (QED) is 0.613. The molecule has 0 aliphatic heterocycles.